The first kappa shape index (κ1) is 17.6. The third-order valence-electron chi connectivity index (χ3n) is 3.23. The van der Waals surface area contributed by atoms with Gasteiger partial charge in [0.15, 0.2) is 0 Å². The molecule has 5 nitrogen and oxygen atoms in total. The molecule has 0 aliphatic rings. The molecule has 0 heterocycles. The standard InChI is InChI=1S/C15H23N3O2S/c1-4-18(11-7-10-17(2)3)21(19,20)13-15-9-6-5-8-14(15)12-16/h5-6,8-9H,4,7,10-11,13H2,1-3H3. The summed E-state index contributed by atoms with van der Waals surface area (Å²) in [7, 11) is 0.540. The van der Waals surface area contributed by atoms with Gasteiger partial charge in [-0.05, 0) is 38.7 Å². The van der Waals surface area contributed by atoms with Gasteiger partial charge < -0.3 is 4.90 Å². The molecule has 0 unspecified atom stereocenters. The summed E-state index contributed by atoms with van der Waals surface area (Å²) >= 11 is 0. The van der Waals surface area contributed by atoms with Gasteiger partial charge in [-0.2, -0.15) is 5.26 Å². The second-order valence-corrected chi connectivity index (χ2v) is 7.14. The van der Waals surface area contributed by atoms with Crippen LogP contribution in [0.5, 0.6) is 0 Å². The minimum absolute atomic E-state index is 0.119. The third-order valence-corrected chi connectivity index (χ3v) is 5.14. The summed E-state index contributed by atoms with van der Waals surface area (Å²) in [4.78, 5) is 2.03. The van der Waals surface area contributed by atoms with Crippen molar-refractivity contribution in [2.45, 2.75) is 19.1 Å². The zero-order valence-corrected chi connectivity index (χ0v) is 13.7. The van der Waals surface area contributed by atoms with E-state index < -0.39 is 10.0 Å². The Hall–Kier alpha value is -1.42. The molecule has 0 bridgehead atoms. The number of nitriles is 1. The zero-order chi connectivity index (χ0) is 15.9. The average molecular weight is 309 g/mol. The summed E-state index contributed by atoms with van der Waals surface area (Å²) in [5.74, 6) is -0.119. The summed E-state index contributed by atoms with van der Waals surface area (Å²) in [6.45, 7) is 3.64. The molecule has 0 amide bonds. The zero-order valence-electron chi connectivity index (χ0n) is 12.9. The molecule has 1 aromatic rings. The minimum atomic E-state index is -3.39. The van der Waals surface area contributed by atoms with E-state index in [1.807, 2.05) is 32.0 Å². The van der Waals surface area contributed by atoms with Crippen LogP contribution in [-0.4, -0.2) is 51.4 Å². The molecule has 1 rings (SSSR count). The maximum Gasteiger partial charge on any atom is 0.218 e. The van der Waals surface area contributed by atoms with Crippen LogP contribution in [0.3, 0.4) is 0 Å². The lowest BCUT2D eigenvalue weighted by atomic mass is 10.1. The Morgan fingerprint density at radius 1 is 1.19 bits per heavy atom. The summed E-state index contributed by atoms with van der Waals surface area (Å²) in [6, 6.07) is 8.89. The molecule has 0 fully saturated rings. The number of hydrogen-bond donors (Lipinski definition) is 0. The largest absolute Gasteiger partial charge is 0.309 e. The topological polar surface area (TPSA) is 64.4 Å². The Morgan fingerprint density at radius 3 is 2.43 bits per heavy atom. The number of sulfonamides is 1. The fraction of sp³-hybridized carbons (Fsp3) is 0.533. The molecule has 21 heavy (non-hydrogen) atoms. The highest BCUT2D eigenvalue weighted by Crippen LogP contribution is 2.15. The molecule has 0 saturated heterocycles. The molecule has 0 aliphatic heterocycles. The Kier molecular flexibility index (Phi) is 6.82. The molecular weight excluding hydrogens is 286 g/mol. The Labute approximate surface area is 127 Å². The van der Waals surface area contributed by atoms with Crippen LogP contribution in [0.25, 0.3) is 0 Å². The maximum absolute atomic E-state index is 12.5. The predicted molar refractivity (Wildman–Crippen MR) is 84.2 cm³/mol. The lowest BCUT2D eigenvalue weighted by Crippen LogP contribution is -2.34. The monoisotopic (exact) mass is 309 g/mol. The van der Waals surface area contributed by atoms with Crippen LogP contribution >= 0.6 is 0 Å². The number of rotatable bonds is 8. The van der Waals surface area contributed by atoms with Gasteiger partial charge in [-0.25, -0.2) is 12.7 Å². The van der Waals surface area contributed by atoms with Gasteiger partial charge in [0, 0.05) is 13.1 Å². The normalized spacial score (nSPS) is 11.8. The summed E-state index contributed by atoms with van der Waals surface area (Å²) in [6.07, 6.45) is 0.792. The maximum atomic E-state index is 12.5. The van der Waals surface area contributed by atoms with Crippen LogP contribution in [0.2, 0.25) is 0 Å². The van der Waals surface area contributed by atoms with E-state index in [0.717, 1.165) is 13.0 Å². The molecule has 0 saturated carbocycles. The van der Waals surface area contributed by atoms with Crippen molar-refractivity contribution >= 4 is 10.0 Å². The van der Waals surface area contributed by atoms with Gasteiger partial charge in [0.05, 0.1) is 17.4 Å². The molecule has 0 N–H and O–H groups in total. The van der Waals surface area contributed by atoms with Crippen molar-refractivity contribution in [3.05, 3.63) is 35.4 Å². The van der Waals surface area contributed by atoms with Gasteiger partial charge >= 0.3 is 0 Å². The Balaban J connectivity index is 2.81. The van der Waals surface area contributed by atoms with E-state index in [1.54, 1.807) is 24.3 Å². The van der Waals surface area contributed by atoms with Crippen LogP contribution < -0.4 is 0 Å². The van der Waals surface area contributed by atoms with Crippen molar-refractivity contribution in [3.8, 4) is 6.07 Å². The van der Waals surface area contributed by atoms with Crippen molar-refractivity contribution in [1.29, 1.82) is 5.26 Å². The molecule has 0 aromatic heterocycles. The molecule has 0 atom stereocenters. The Bertz CT molecular complexity index is 591. The second-order valence-electron chi connectivity index (χ2n) is 5.17. The molecule has 1 aromatic carbocycles. The molecular formula is C15H23N3O2S. The summed E-state index contributed by atoms with van der Waals surface area (Å²) < 4.78 is 26.4. The fourth-order valence-corrected chi connectivity index (χ4v) is 3.73. The molecule has 0 spiro atoms. The lowest BCUT2D eigenvalue weighted by Gasteiger charge is -2.21. The third kappa shape index (κ3) is 5.46. The van der Waals surface area contributed by atoms with E-state index in [-0.39, 0.29) is 5.75 Å². The quantitative estimate of drug-likeness (QED) is 0.732. The van der Waals surface area contributed by atoms with Crippen LogP contribution in [-0.2, 0) is 15.8 Å². The van der Waals surface area contributed by atoms with Crippen molar-refractivity contribution in [1.82, 2.24) is 9.21 Å². The fourth-order valence-electron chi connectivity index (χ4n) is 2.10. The first-order chi connectivity index (χ1) is 9.90. The first-order valence-electron chi connectivity index (χ1n) is 7.01. The first-order valence-corrected chi connectivity index (χ1v) is 8.62. The molecule has 6 heteroatoms. The molecule has 0 aliphatic carbocycles. The van der Waals surface area contributed by atoms with Gasteiger partial charge in [0.25, 0.3) is 0 Å². The smallest absolute Gasteiger partial charge is 0.218 e. The van der Waals surface area contributed by atoms with E-state index in [0.29, 0.717) is 24.2 Å². The van der Waals surface area contributed by atoms with Gasteiger partial charge in [-0.3, -0.25) is 0 Å². The van der Waals surface area contributed by atoms with E-state index in [4.69, 9.17) is 5.26 Å². The highest BCUT2D eigenvalue weighted by Gasteiger charge is 2.21. The predicted octanol–water partition coefficient (Wildman–Crippen LogP) is 1.66. The van der Waals surface area contributed by atoms with Gasteiger partial charge in [-0.1, -0.05) is 25.1 Å². The van der Waals surface area contributed by atoms with Crippen molar-refractivity contribution in [3.63, 3.8) is 0 Å². The van der Waals surface area contributed by atoms with Crippen molar-refractivity contribution in [2.75, 3.05) is 33.7 Å². The van der Waals surface area contributed by atoms with Crippen molar-refractivity contribution in [2.24, 2.45) is 0 Å². The van der Waals surface area contributed by atoms with Gasteiger partial charge in [0.2, 0.25) is 10.0 Å². The minimum Gasteiger partial charge on any atom is -0.309 e. The molecule has 116 valence electrons. The van der Waals surface area contributed by atoms with Crippen molar-refractivity contribution < 1.29 is 8.42 Å². The number of hydrogen-bond acceptors (Lipinski definition) is 4. The lowest BCUT2D eigenvalue weighted by molar-refractivity contribution is 0.356. The van der Waals surface area contributed by atoms with E-state index >= 15 is 0 Å². The van der Waals surface area contributed by atoms with E-state index in [1.165, 1.54) is 4.31 Å². The average Bonchev–Trinajstić information content (AvgIpc) is 2.43. The summed E-state index contributed by atoms with van der Waals surface area (Å²) in [5.41, 5.74) is 0.983. The molecule has 0 radical (unpaired) electrons. The highest BCUT2D eigenvalue weighted by atomic mass is 32.2. The van der Waals surface area contributed by atoms with Gasteiger partial charge in [-0.15, -0.1) is 0 Å². The van der Waals surface area contributed by atoms with E-state index in [9.17, 15) is 8.42 Å². The number of nitrogens with zero attached hydrogens (tertiary/aromatic N) is 3. The second kappa shape index (κ2) is 8.13. The van der Waals surface area contributed by atoms with E-state index in [2.05, 4.69) is 0 Å². The number of benzene rings is 1. The summed E-state index contributed by atoms with van der Waals surface area (Å²) in [5, 5.41) is 9.05. The SMILES string of the molecule is CCN(CCCN(C)C)S(=O)(=O)Cc1ccccc1C#N. The van der Waals surface area contributed by atoms with Crippen LogP contribution in [0.1, 0.15) is 24.5 Å². The van der Waals surface area contributed by atoms with Crippen LogP contribution in [0.15, 0.2) is 24.3 Å². The highest BCUT2D eigenvalue weighted by molar-refractivity contribution is 7.88. The Morgan fingerprint density at radius 2 is 1.86 bits per heavy atom. The van der Waals surface area contributed by atoms with Crippen LogP contribution in [0, 0.1) is 11.3 Å². The van der Waals surface area contributed by atoms with Crippen LogP contribution in [0.4, 0.5) is 0 Å². The van der Waals surface area contributed by atoms with Gasteiger partial charge in [0.1, 0.15) is 0 Å².